The van der Waals surface area contributed by atoms with Crippen LogP contribution in [0.5, 0.6) is 0 Å². The molecule has 2 aromatic heterocycles. The summed E-state index contributed by atoms with van der Waals surface area (Å²) in [5.41, 5.74) is 1.22. The van der Waals surface area contributed by atoms with Crippen LogP contribution >= 0.6 is 0 Å². The largest absolute Gasteiger partial charge is 0.341 e. The van der Waals surface area contributed by atoms with Crippen LogP contribution in [-0.2, 0) is 11.3 Å². The van der Waals surface area contributed by atoms with Crippen molar-refractivity contribution in [2.45, 2.75) is 19.4 Å². The van der Waals surface area contributed by atoms with Crippen molar-refractivity contribution in [2.75, 3.05) is 13.1 Å². The standard InChI is InChI=1S/C15H16N4O2/c20-14-5-3-9-18(14)10-11-19-15(21)7-6-13(17-19)12-4-1-2-8-16-12/h1-2,4,6-8H,3,5,9-11H2. The molecular weight excluding hydrogens is 268 g/mol. The molecule has 1 fully saturated rings. The van der Waals surface area contributed by atoms with Crippen molar-refractivity contribution in [1.29, 1.82) is 0 Å². The number of likely N-dealkylation sites (tertiary alicyclic amines) is 1. The van der Waals surface area contributed by atoms with E-state index in [9.17, 15) is 9.59 Å². The maximum atomic E-state index is 11.9. The van der Waals surface area contributed by atoms with Gasteiger partial charge in [-0.15, -0.1) is 0 Å². The van der Waals surface area contributed by atoms with Crippen molar-refractivity contribution >= 4 is 5.91 Å². The summed E-state index contributed by atoms with van der Waals surface area (Å²) in [5, 5.41) is 4.33. The summed E-state index contributed by atoms with van der Waals surface area (Å²) >= 11 is 0. The highest BCUT2D eigenvalue weighted by molar-refractivity contribution is 5.77. The lowest BCUT2D eigenvalue weighted by Crippen LogP contribution is -2.32. The monoisotopic (exact) mass is 284 g/mol. The number of hydrogen-bond donors (Lipinski definition) is 0. The fourth-order valence-electron chi connectivity index (χ4n) is 2.42. The first kappa shape index (κ1) is 13.5. The highest BCUT2D eigenvalue weighted by Gasteiger charge is 2.19. The summed E-state index contributed by atoms with van der Waals surface area (Å²) in [7, 11) is 0. The van der Waals surface area contributed by atoms with Crippen LogP contribution in [0.3, 0.4) is 0 Å². The van der Waals surface area contributed by atoms with E-state index in [1.807, 2.05) is 18.2 Å². The molecule has 0 aromatic carbocycles. The molecule has 0 unspecified atom stereocenters. The van der Waals surface area contributed by atoms with Crippen LogP contribution in [0.2, 0.25) is 0 Å². The normalized spacial score (nSPS) is 14.7. The van der Waals surface area contributed by atoms with Crippen LogP contribution in [0.4, 0.5) is 0 Å². The molecule has 0 spiro atoms. The van der Waals surface area contributed by atoms with E-state index in [1.165, 1.54) is 10.7 Å². The lowest BCUT2D eigenvalue weighted by Gasteiger charge is -2.15. The number of carbonyl (C=O) groups excluding carboxylic acids is 1. The van der Waals surface area contributed by atoms with Crippen LogP contribution in [0.25, 0.3) is 11.4 Å². The summed E-state index contributed by atoms with van der Waals surface area (Å²) in [5.74, 6) is 0.156. The minimum absolute atomic E-state index is 0.156. The Morgan fingerprint density at radius 1 is 1.05 bits per heavy atom. The van der Waals surface area contributed by atoms with Crippen LogP contribution in [-0.4, -0.2) is 38.7 Å². The van der Waals surface area contributed by atoms with Gasteiger partial charge in [-0.2, -0.15) is 5.10 Å². The number of pyridine rings is 1. The Morgan fingerprint density at radius 2 is 1.95 bits per heavy atom. The van der Waals surface area contributed by atoms with Gasteiger partial charge in [0.15, 0.2) is 0 Å². The van der Waals surface area contributed by atoms with Crippen molar-refractivity contribution in [3.05, 3.63) is 46.9 Å². The maximum Gasteiger partial charge on any atom is 0.266 e. The number of rotatable bonds is 4. The third kappa shape index (κ3) is 2.99. The van der Waals surface area contributed by atoms with Gasteiger partial charge in [-0.25, -0.2) is 4.68 Å². The van der Waals surface area contributed by atoms with Gasteiger partial charge in [-0.3, -0.25) is 14.6 Å². The minimum atomic E-state index is -0.165. The Morgan fingerprint density at radius 3 is 2.67 bits per heavy atom. The van der Waals surface area contributed by atoms with E-state index in [1.54, 1.807) is 17.2 Å². The molecule has 108 valence electrons. The van der Waals surface area contributed by atoms with E-state index in [-0.39, 0.29) is 11.5 Å². The van der Waals surface area contributed by atoms with Gasteiger partial charge < -0.3 is 4.90 Å². The fourth-order valence-corrected chi connectivity index (χ4v) is 2.42. The molecule has 0 bridgehead atoms. The first-order chi connectivity index (χ1) is 10.2. The fraction of sp³-hybridized carbons (Fsp3) is 0.333. The average Bonchev–Trinajstić information content (AvgIpc) is 2.93. The van der Waals surface area contributed by atoms with Gasteiger partial charge >= 0.3 is 0 Å². The second-order valence-electron chi connectivity index (χ2n) is 4.98. The molecule has 0 saturated carbocycles. The van der Waals surface area contributed by atoms with Crippen molar-refractivity contribution < 1.29 is 4.79 Å². The Kier molecular flexibility index (Phi) is 3.77. The van der Waals surface area contributed by atoms with E-state index in [0.717, 1.165) is 18.7 Å². The summed E-state index contributed by atoms with van der Waals surface area (Å²) in [4.78, 5) is 29.4. The second-order valence-corrected chi connectivity index (χ2v) is 4.98. The molecule has 0 aliphatic carbocycles. The van der Waals surface area contributed by atoms with Gasteiger partial charge in [0.25, 0.3) is 5.56 Å². The van der Waals surface area contributed by atoms with Gasteiger partial charge in [0.2, 0.25) is 5.91 Å². The lowest BCUT2D eigenvalue weighted by atomic mass is 10.2. The number of amides is 1. The molecule has 1 amide bonds. The van der Waals surface area contributed by atoms with Gasteiger partial charge in [0.1, 0.15) is 5.69 Å². The quantitative estimate of drug-likeness (QED) is 0.837. The average molecular weight is 284 g/mol. The zero-order valence-corrected chi connectivity index (χ0v) is 11.6. The Hall–Kier alpha value is -2.50. The molecule has 1 aliphatic heterocycles. The first-order valence-electron chi connectivity index (χ1n) is 7.01. The van der Waals surface area contributed by atoms with E-state index >= 15 is 0 Å². The van der Waals surface area contributed by atoms with Gasteiger partial charge in [-0.1, -0.05) is 6.07 Å². The molecule has 0 radical (unpaired) electrons. The predicted molar refractivity (Wildman–Crippen MR) is 77.5 cm³/mol. The lowest BCUT2D eigenvalue weighted by molar-refractivity contribution is -0.127. The third-order valence-corrected chi connectivity index (χ3v) is 3.55. The van der Waals surface area contributed by atoms with Crippen LogP contribution < -0.4 is 5.56 Å². The van der Waals surface area contributed by atoms with Crippen LogP contribution in [0, 0.1) is 0 Å². The molecule has 6 nitrogen and oxygen atoms in total. The zero-order valence-electron chi connectivity index (χ0n) is 11.6. The Labute approximate surface area is 122 Å². The summed E-state index contributed by atoms with van der Waals surface area (Å²) < 4.78 is 1.40. The van der Waals surface area contributed by atoms with E-state index in [4.69, 9.17) is 0 Å². The molecule has 1 aliphatic rings. The van der Waals surface area contributed by atoms with Crippen LogP contribution in [0.1, 0.15) is 12.8 Å². The number of aromatic nitrogens is 3. The van der Waals surface area contributed by atoms with Gasteiger partial charge in [0, 0.05) is 31.8 Å². The molecule has 21 heavy (non-hydrogen) atoms. The Balaban J connectivity index is 1.79. The topological polar surface area (TPSA) is 68.1 Å². The van der Waals surface area contributed by atoms with E-state index in [2.05, 4.69) is 10.1 Å². The zero-order chi connectivity index (χ0) is 14.7. The SMILES string of the molecule is O=C1CCCN1CCn1nc(-c2ccccn2)ccc1=O. The summed E-state index contributed by atoms with van der Waals surface area (Å²) in [6, 6.07) is 8.72. The maximum absolute atomic E-state index is 11.9. The molecule has 2 aromatic rings. The van der Waals surface area contributed by atoms with Crippen LogP contribution in [0.15, 0.2) is 41.3 Å². The van der Waals surface area contributed by atoms with E-state index < -0.39 is 0 Å². The third-order valence-electron chi connectivity index (χ3n) is 3.55. The first-order valence-corrected chi connectivity index (χ1v) is 7.01. The predicted octanol–water partition coefficient (Wildman–Crippen LogP) is 0.928. The number of carbonyl (C=O) groups is 1. The molecule has 3 rings (SSSR count). The summed E-state index contributed by atoms with van der Waals surface area (Å²) in [6.07, 6.45) is 3.20. The second kappa shape index (κ2) is 5.87. The molecule has 6 heteroatoms. The van der Waals surface area contributed by atoms with Gasteiger partial charge in [-0.05, 0) is 24.6 Å². The molecule has 1 saturated heterocycles. The molecule has 0 atom stereocenters. The van der Waals surface area contributed by atoms with Gasteiger partial charge in [0.05, 0.1) is 12.2 Å². The van der Waals surface area contributed by atoms with E-state index in [0.29, 0.717) is 25.2 Å². The van der Waals surface area contributed by atoms with Crippen molar-refractivity contribution in [1.82, 2.24) is 19.7 Å². The highest BCUT2D eigenvalue weighted by Crippen LogP contribution is 2.11. The van der Waals surface area contributed by atoms with Crippen molar-refractivity contribution in [3.63, 3.8) is 0 Å². The summed E-state index contributed by atoms with van der Waals surface area (Å²) in [6.45, 7) is 1.70. The van der Waals surface area contributed by atoms with Crippen molar-refractivity contribution in [2.24, 2.45) is 0 Å². The Bertz CT molecular complexity index is 696. The highest BCUT2D eigenvalue weighted by atomic mass is 16.2. The number of nitrogens with zero attached hydrogens (tertiary/aromatic N) is 4. The minimum Gasteiger partial charge on any atom is -0.341 e. The molecular formula is C15H16N4O2. The van der Waals surface area contributed by atoms with Crippen molar-refractivity contribution in [3.8, 4) is 11.4 Å². The molecule has 0 N–H and O–H groups in total. The smallest absolute Gasteiger partial charge is 0.266 e. The molecule has 3 heterocycles. The number of hydrogen-bond acceptors (Lipinski definition) is 4.